The summed E-state index contributed by atoms with van der Waals surface area (Å²) in [4.78, 5) is 13.7. The van der Waals surface area contributed by atoms with Gasteiger partial charge in [-0.05, 0) is 43.9 Å². The Balaban J connectivity index is 1.43. The van der Waals surface area contributed by atoms with Gasteiger partial charge in [-0.15, -0.1) is 0 Å². The number of hydrogen-bond donors (Lipinski definition) is 1. The standard InChI is InChI=1S/C19H25N5/c1-14-4-3-5-17(15(14)2)23-8-10-24(11-9-23)19-12-18(20-13-21-19)22-16-6-7-16/h3-5,12-13,16H,6-11H2,1-2H3,(H,20,21,22). The number of anilines is 3. The second-order valence-corrected chi connectivity index (χ2v) is 6.87. The SMILES string of the molecule is Cc1cccc(N2CCN(c3cc(NC4CC4)ncn3)CC2)c1C. The van der Waals surface area contributed by atoms with Crippen LogP contribution in [0.3, 0.4) is 0 Å². The Hall–Kier alpha value is -2.30. The van der Waals surface area contributed by atoms with Crippen molar-refractivity contribution in [1.82, 2.24) is 9.97 Å². The van der Waals surface area contributed by atoms with Crippen molar-refractivity contribution in [2.75, 3.05) is 41.3 Å². The molecule has 1 aromatic carbocycles. The van der Waals surface area contributed by atoms with E-state index in [1.165, 1.54) is 29.7 Å². The highest BCUT2D eigenvalue weighted by molar-refractivity contribution is 5.58. The zero-order valence-corrected chi connectivity index (χ0v) is 14.5. The molecule has 1 N–H and O–H groups in total. The fourth-order valence-electron chi connectivity index (χ4n) is 3.29. The van der Waals surface area contributed by atoms with Gasteiger partial charge >= 0.3 is 0 Å². The lowest BCUT2D eigenvalue weighted by atomic mass is 10.1. The predicted octanol–water partition coefficient (Wildman–Crippen LogP) is 2.99. The third-order valence-corrected chi connectivity index (χ3v) is 5.10. The summed E-state index contributed by atoms with van der Waals surface area (Å²) >= 11 is 0. The highest BCUT2D eigenvalue weighted by Gasteiger charge is 2.23. The molecule has 2 aromatic rings. The molecule has 4 rings (SSSR count). The molecule has 1 saturated carbocycles. The number of aryl methyl sites for hydroxylation is 1. The fraction of sp³-hybridized carbons (Fsp3) is 0.474. The van der Waals surface area contributed by atoms with E-state index in [1.807, 2.05) is 0 Å². The van der Waals surface area contributed by atoms with Crippen LogP contribution in [0.4, 0.5) is 17.3 Å². The van der Waals surface area contributed by atoms with Gasteiger partial charge < -0.3 is 15.1 Å². The van der Waals surface area contributed by atoms with Gasteiger partial charge in [0.25, 0.3) is 0 Å². The van der Waals surface area contributed by atoms with E-state index < -0.39 is 0 Å². The largest absolute Gasteiger partial charge is 0.368 e. The maximum atomic E-state index is 4.48. The van der Waals surface area contributed by atoms with Crippen molar-refractivity contribution in [3.05, 3.63) is 41.7 Å². The summed E-state index contributed by atoms with van der Waals surface area (Å²) in [6.07, 6.45) is 4.19. The number of hydrogen-bond acceptors (Lipinski definition) is 5. The van der Waals surface area contributed by atoms with E-state index in [1.54, 1.807) is 6.33 Å². The van der Waals surface area contributed by atoms with E-state index in [0.29, 0.717) is 6.04 Å². The summed E-state index contributed by atoms with van der Waals surface area (Å²) in [5.41, 5.74) is 4.12. The van der Waals surface area contributed by atoms with Gasteiger partial charge in [-0.3, -0.25) is 0 Å². The third kappa shape index (κ3) is 3.16. The van der Waals surface area contributed by atoms with Crippen LogP contribution in [-0.2, 0) is 0 Å². The maximum absolute atomic E-state index is 4.48. The molecule has 2 fully saturated rings. The number of nitrogens with one attached hydrogen (secondary N) is 1. The molecular formula is C19H25N5. The van der Waals surface area contributed by atoms with Crippen LogP contribution < -0.4 is 15.1 Å². The van der Waals surface area contributed by atoms with Crippen molar-refractivity contribution in [2.45, 2.75) is 32.7 Å². The summed E-state index contributed by atoms with van der Waals surface area (Å²) in [6, 6.07) is 9.29. The van der Waals surface area contributed by atoms with Crippen molar-refractivity contribution in [2.24, 2.45) is 0 Å². The summed E-state index contributed by atoms with van der Waals surface area (Å²) in [5.74, 6) is 1.99. The van der Waals surface area contributed by atoms with Gasteiger partial charge in [-0.1, -0.05) is 12.1 Å². The van der Waals surface area contributed by atoms with Crippen LogP contribution in [0.15, 0.2) is 30.6 Å². The molecule has 2 aliphatic rings. The van der Waals surface area contributed by atoms with Crippen LogP contribution in [-0.4, -0.2) is 42.2 Å². The molecule has 0 bridgehead atoms. The van der Waals surface area contributed by atoms with Crippen LogP contribution in [0, 0.1) is 13.8 Å². The molecule has 5 nitrogen and oxygen atoms in total. The second-order valence-electron chi connectivity index (χ2n) is 6.87. The van der Waals surface area contributed by atoms with Crippen molar-refractivity contribution < 1.29 is 0 Å². The van der Waals surface area contributed by atoms with Crippen LogP contribution >= 0.6 is 0 Å². The van der Waals surface area contributed by atoms with Gasteiger partial charge in [-0.25, -0.2) is 9.97 Å². The molecule has 1 aliphatic heterocycles. The molecule has 0 unspecified atom stereocenters. The average Bonchev–Trinajstić information content (AvgIpc) is 3.42. The summed E-state index contributed by atoms with van der Waals surface area (Å²) in [5, 5.41) is 3.46. The number of benzene rings is 1. The van der Waals surface area contributed by atoms with E-state index in [2.05, 4.69) is 63.2 Å². The molecule has 1 saturated heterocycles. The topological polar surface area (TPSA) is 44.3 Å². The molecule has 5 heteroatoms. The average molecular weight is 323 g/mol. The lowest BCUT2D eigenvalue weighted by Crippen LogP contribution is -2.47. The summed E-state index contributed by atoms with van der Waals surface area (Å²) < 4.78 is 0. The first kappa shape index (κ1) is 15.2. The Morgan fingerprint density at radius 2 is 1.75 bits per heavy atom. The van der Waals surface area contributed by atoms with Crippen LogP contribution in [0.1, 0.15) is 24.0 Å². The van der Waals surface area contributed by atoms with Crippen molar-refractivity contribution >= 4 is 17.3 Å². The minimum Gasteiger partial charge on any atom is -0.368 e. The minimum atomic E-state index is 0.619. The Bertz CT molecular complexity index is 717. The number of rotatable bonds is 4. The predicted molar refractivity (Wildman–Crippen MR) is 99.0 cm³/mol. The van der Waals surface area contributed by atoms with E-state index in [-0.39, 0.29) is 0 Å². The molecule has 2 heterocycles. The summed E-state index contributed by atoms with van der Waals surface area (Å²) in [7, 11) is 0. The van der Waals surface area contributed by atoms with E-state index in [0.717, 1.165) is 37.8 Å². The smallest absolute Gasteiger partial charge is 0.134 e. The molecular weight excluding hydrogens is 298 g/mol. The van der Waals surface area contributed by atoms with E-state index >= 15 is 0 Å². The Labute approximate surface area is 143 Å². The third-order valence-electron chi connectivity index (χ3n) is 5.10. The zero-order chi connectivity index (χ0) is 16.5. The van der Waals surface area contributed by atoms with Gasteiger partial charge in [0.2, 0.25) is 0 Å². The fourth-order valence-corrected chi connectivity index (χ4v) is 3.29. The quantitative estimate of drug-likeness (QED) is 0.937. The molecule has 126 valence electrons. The van der Waals surface area contributed by atoms with Gasteiger partial charge in [0, 0.05) is 44.0 Å². The van der Waals surface area contributed by atoms with Crippen LogP contribution in [0.2, 0.25) is 0 Å². The highest BCUT2D eigenvalue weighted by Crippen LogP contribution is 2.27. The van der Waals surface area contributed by atoms with E-state index in [4.69, 9.17) is 0 Å². The molecule has 0 amide bonds. The van der Waals surface area contributed by atoms with Gasteiger partial charge in [-0.2, -0.15) is 0 Å². The highest BCUT2D eigenvalue weighted by atomic mass is 15.3. The van der Waals surface area contributed by atoms with Crippen molar-refractivity contribution in [1.29, 1.82) is 0 Å². The Kier molecular flexibility index (Phi) is 4.00. The Morgan fingerprint density at radius 1 is 1.00 bits per heavy atom. The number of nitrogens with zero attached hydrogens (tertiary/aromatic N) is 4. The van der Waals surface area contributed by atoms with E-state index in [9.17, 15) is 0 Å². The van der Waals surface area contributed by atoms with Crippen LogP contribution in [0.5, 0.6) is 0 Å². The monoisotopic (exact) mass is 323 g/mol. The summed E-state index contributed by atoms with van der Waals surface area (Å²) in [6.45, 7) is 8.45. The minimum absolute atomic E-state index is 0.619. The Morgan fingerprint density at radius 3 is 2.50 bits per heavy atom. The lowest BCUT2D eigenvalue weighted by molar-refractivity contribution is 0.645. The van der Waals surface area contributed by atoms with Gasteiger partial charge in [0.05, 0.1) is 0 Å². The van der Waals surface area contributed by atoms with Gasteiger partial charge in [0.1, 0.15) is 18.0 Å². The van der Waals surface area contributed by atoms with Gasteiger partial charge in [0.15, 0.2) is 0 Å². The molecule has 24 heavy (non-hydrogen) atoms. The second kappa shape index (κ2) is 6.30. The molecule has 0 radical (unpaired) electrons. The number of aromatic nitrogens is 2. The van der Waals surface area contributed by atoms with Crippen molar-refractivity contribution in [3.8, 4) is 0 Å². The zero-order valence-electron chi connectivity index (χ0n) is 14.5. The normalized spacial score (nSPS) is 17.9. The molecule has 0 atom stereocenters. The first-order valence-corrected chi connectivity index (χ1v) is 8.85. The van der Waals surface area contributed by atoms with Crippen LogP contribution in [0.25, 0.3) is 0 Å². The first-order chi connectivity index (χ1) is 11.7. The molecule has 0 spiro atoms. The van der Waals surface area contributed by atoms with Crippen molar-refractivity contribution in [3.63, 3.8) is 0 Å². The first-order valence-electron chi connectivity index (χ1n) is 8.85. The number of piperazine rings is 1. The lowest BCUT2D eigenvalue weighted by Gasteiger charge is -2.37. The molecule has 1 aliphatic carbocycles. The maximum Gasteiger partial charge on any atom is 0.134 e. The molecule has 1 aromatic heterocycles.